The third-order valence-electron chi connectivity index (χ3n) is 2.50. The molecule has 0 aromatic carbocycles. The summed E-state index contributed by atoms with van der Waals surface area (Å²) in [6.45, 7) is 4.77. The molecule has 9 heavy (non-hydrogen) atoms. The molecule has 2 atom stereocenters. The normalized spacial score (nSPS) is 39.3. The molecule has 1 saturated heterocycles. The Balaban J connectivity index is 2.44. The van der Waals surface area contributed by atoms with Crippen LogP contribution in [0.1, 0.15) is 26.7 Å². The van der Waals surface area contributed by atoms with E-state index in [1.54, 1.807) is 0 Å². The SMILES string of the molecule is CC1CCC(C)N1[SiH2][SiH3]. The molecule has 0 N–H and O–H groups in total. The van der Waals surface area contributed by atoms with E-state index < -0.39 is 0 Å². The first-order chi connectivity index (χ1) is 4.25. The van der Waals surface area contributed by atoms with Gasteiger partial charge in [0, 0.05) is 9.76 Å². The molecule has 0 spiro atoms. The van der Waals surface area contributed by atoms with E-state index in [0.29, 0.717) is 0 Å². The zero-order valence-corrected chi connectivity index (χ0v) is 10.1. The Bertz CT molecular complexity index is 87.1. The Morgan fingerprint density at radius 2 is 1.78 bits per heavy atom. The smallest absolute Gasteiger partial charge is 0.0762 e. The van der Waals surface area contributed by atoms with Gasteiger partial charge in [-0.25, -0.2) is 0 Å². The van der Waals surface area contributed by atoms with E-state index in [4.69, 9.17) is 0 Å². The van der Waals surface area contributed by atoms with Gasteiger partial charge in [0.05, 0.1) is 9.20 Å². The lowest BCUT2D eigenvalue weighted by atomic mass is 10.2. The molecule has 0 saturated carbocycles. The summed E-state index contributed by atoms with van der Waals surface area (Å²) in [7, 11) is 1.74. The zero-order chi connectivity index (χ0) is 6.85. The first-order valence-corrected chi connectivity index (χ1v) is 10.3. The van der Waals surface area contributed by atoms with E-state index in [-0.39, 0.29) is 9.20 Å². The quantitative estimate of drug-likeness (QED) is 0.454. The van der Waals surface area contributed by atoms with Gasteiger partial charge in [0.2, 0.25) is 0 Å². The second-order valence-electron chi connectivity index (χ2n) is 3.11. The fraction of sp³-hybridized carbons (Fsp3) is 1.00. The van der Waals surface area contributed by atoms with E-state index in [0.717, 1.165) is 12.1 Å². The van der Waals surface area contributed by atoms with Crippen LogP contribution in [0.4, 0.5) is 0 Å². The number of nitrogens with zero attached hydrogens (tertiary/aromatic N) is 1. The monoisotopic (exact) mass is 159 g/mol. The van der Waals surface area contributed by atoms with Crippen LogP contribution in [0.3, 0.4) is 0 Å². The van der Waals surface area contributed by atoms with Crippen LogP contribution in [-0.2, 0) is 0 Å². The Morgan fingerprint density at radius 1 is 1.33 bits per heavy atom. The van der Waals surface area contributed by atoms with Gasteiger partial charge in [-0.3, -0.25) is 0 Å². The van der Waals surface area contributed by atoms with Crippen LogP contribution in [0, 0.1) is 0 Å². The zero-order valence-electron chi connectivity index (χ0n) is 6.72. The van der Waals surface area contributed by atoms with Crippen LogP contribution in [0.15, 0.2) is 0 Å². The highest BCUT2D eigenvalue weighted by atomic mass is 29.1. The van der Waals surface area contributed by atoms with Gasteiger partial charge in [0.1, 0.15) is 0 Å². The Morgan fingerprint density at radius 3 is 2.00 bits per heavy atom. The second kappa shape index (κ2) is 2.99. The summed E-state index contributed by atoms with van der Waals surface area (Å²) >= 11 is 0. The second-order valence-corrected chi connectivity index (χ2v) is 6.37. The molecule has 0 bridgehead atoms. The lowest BCUT2D eigenvalue weighted by Crippen LogP contribution is -2.36. The summed E-state index contributed by atoms with van der Waals surface area (Å²) in [6, 6.07) is 1.87. The highest BCUT2D eigenvalue weighted by Gasteiger charge is 2.24. The van der Waals surface area contributed by atoms with Crippen molar-refractivity contribution in [2.75, 3.05) is 0 Å². The molecular weight excluding hydrogens is 142 g/mol. The van der Waals surface area contributed by atoms with Crippen molar-refractivity contribution in [3.05, 3.63) is 0 Å². The Hall–Kier alpha value is 0.394. The fourth-order valence-corrected chi connectivity index (χ4v) is 7.22. The predicted octanol–water partition coefficient (Wildman–Crippen LogP) is -0.777. The van der Waals surface area contributed by atoms with Gasteiger partial charge in [-0.15, -0.1) is 0 Å². The van der Waals surface area contributed by atoms with Crippen molar-refractivity contribution in [1.82, 2.24) is 4.57 Å². The Kier molecular flexibility index (Phi) is 2.49. The highest BCUT2D eigenvalue weighted by molar-refractivity contribution is 6.87. The van der Waals surface area contributed by atoms with Gasteiger partial charge in [-0.1, -0.05) is 13.8 Å². The van der Waals surface area contributed by atoms with E-state index in [1.165, 1.54) is 22.6 Å². The van der Waals surface area contributed by atoms with Crippen molar-refractivity contribution in [1.29, 1.82) is 0 Å². The van der Waals surface area contributed by atoms with Crippen LogP contribution in [0.2, 0.25) is 0 Å². The first-order valence-electron chi connectivity index (χ1n) is 4.01. The lowest BCUT2D eigenvalue weighted by Gasteiger charge is -2.23. The largest absolute Gasteiger partial charge is 0.327 e. The van der Waals surface area contributed by atoms with Crippen molar-refractivity contribution < 1.29 is 0 Å². The fourth-order valence-electron chi connectivity index (χ4n) is 1.87. The molecule has 1 rings (SSSR count). The highest BCUT2D eigenvalue weighted by Crippen LogP contribution is 2.20. The standard InChI is InChI=1S/C6H17NSi2/c1-5-3-4-6(2)7(5)9-8/h5-6H,3-4,9H2,1-2,8H3. The molecule has 0 aromatic rings. The lowest BCUT2D eigenvalue weighted by molar-refractivity contribution is 0.374. The minimum absolute atomic E-state index is 0.268. The van der Waals surface area contributed by atoms with Crippen molar-refractivity contribution in [3.8, 4) is 0 Å². The summed E-state index contributed by atoms with van der Waals surface area (Å²) in [5.74, 6) is 0. The molecule has 1 heterocycles. The number of hydrogen-bond donors (Lipinski definition) is 0. The summed E-state index contributed by atoms with van der Waals surface area (Å²) in [6.07, 6.45) is 2.91. The average Bonchev–Trinajstić information content (AvgIpc) is 2.12. The predicted molar refractivity (Wildman–Crippen MR) is 48.5 cm³/mol. The third-order valence-corrected chi connectivity index (χ3v) is 6.67. The average molecular weight is 159 g/mol. The van der Waals surface area contributed by atoms with Gasteiger partial charge < -0.3 is 4.57 Å². The molecule has 3 heteroatoms. The molecule has 1 aliphatic rings. The van der Waals surface area contributed by atoms with Gasteiger partial charge >= 0.3 is 0 Å². The number of rotatable bonds is 1. The van der Waals surface area contributed by atoms with Crippen LogP contribution in [0.5, 0.6) is 0 Å². The van der Waals surface area contributed by atoms with Crippen molar-refractivity contribution in [3.63, 3.8) is 0 Å². The maximum absolute atomic E-state index is 2.77. The minimum Gasteiger partial charge on any atom is -0.327 e. The van der Waals surface area contributed by atoms with E-state index in [1.807, 2.05) is 0 Å². The molecule has 0 aromatic heterocycles. The first kappa shape index (κ1) is 7.50. The molecule has 2 unspecified atom stereocenters. The third kappa shape index (κ3) is 1.45. The van der Waals surface area contributed by atoms with Gasteiger partial charge in [-0.2, -0.15) is 0 Å². The van der Waals surface area contributed by atoms with Crippen molar-refractivity contribution in [2.45, 2.75) is 38.8 Å². The topological polar surface area (TPSA) is 3.24 Å². The van der Waals surface area contributed by atoms with Crippen LogP contribution in [-0.4, -0.2) is 35.6 Å². The van der Waals surface area contributed by atoms with Crippen LogP contribution < -0.4 is 0 Å². The Labute approximate surface area is 62.9 Å². The van der Waals surface area contributed by atoms with E-state index in [9.17, 15) is 0 Å². The summed E-state index contributed by atoms with van der Waals surface area (Å²) < 4.78 is 2.77. The minimum atomic E-state index is 0.268. The van der Waals surface area contributed by atoms with Crippen molar-refractivity contribution in [2.24, 2.45) is 0 Å². The molecular formula is C6H17NSi2. The van der Waals surface area contributed by atoms with Gasteiger partial charge in [0.15, 0.2) is 0 Å². The molecule has 1 nitrogen and oxygen atoms in total. The van der Waals surface area contributed by atoms with Gasteiger partial charge in [-0.05, 0) is 24.9 Å². The summed E-state index contributed by atoms with van der Waals surface area (Å²) in [5, 5.41) is 0. The molecule has 54 valence electrons. The molecule has 1 fully saturated rings. The summed E-state index contributed by atoms with van der Waals surface area (Å²) in [4.78, 5) is 0. The molecule has 0 aliphatic carbocycles. The van der Waals surface area contributed by atoms with Crippen LogP contribution >= 0.6 is 0 Å². The van der Waals surface area contributed by atoms with E-state index >= 15 is 0 Å². The summed E-state index contributed by atoms with van der Waals surface area (Å²) in [5.41, 5.74) is 0. The van der Waals surface area contributed by atoms with Crippen LogP contribution in [0.25, 0.3) is 0 Å². The maximum Gasteiger partial charge on any atom is 0.0762 e. The molecule has 0 amide bonds. The van der Waals surface area contributed by atoms with Gasteiger partial charge in [0.25, 0.3) is 0 Å². The van der Waals surface area contributed by atoms with Crippen molar-refractivity contribution >= 4 is 19.0 Å². The maximum atomic E-state index is 2.77. The molecule has 0 radical (unpaired) electrons. The van der Waals surface area contributed by atoms with E-state index in [2.05, 4.69) is 18.4 Å². The number of hydrogen-bond acceptors (Lipinski definition) is 1. The molecule has 1 aliphatic heterocycles.